The Morgan fingerprint density at radius 2 is 0.842 bits per heavy atom. The van der Waals surface area contributed by atoms with Gasteiger partial charge in [0.2, 0.25) is 0 Å². The fourth-order valence-corrected chi connectivity index (χ4v) is 19.4. The van der Waals surface area contributed by atoms with Gasteiger partial charge in [-0.2, -0.15) is 0 Å². The fourth-order valence-electron chi connectivity index (χ4n) is 18.1. The zero-order chi connectivity index (χ0) is 67.2. The molecule has 0 fully saturated rings. The predicted octanol–water partition coefficient (Wildman–Crippen LogP) is 23.7. The minimum Gasteiger partial charge on any atom is -0.311 e. The number of fused-ring (bicyclic) bond motifs is 14. The van der Waals surface area contributed by atoms with Crippen LogP contribution in [0.25, 0.3) is 32.3 Å². The van der Waals surface area contributed by atoms with Gasteiger partial charge in [0, 0.05) is 65.5 Å². The average molecular weight is 1260 g/mol. The summed E-state index contributed by atoms with van der Waals surface area (Å²) in [5.41, 5.74) is 33.8. The van der Waals surface area contributed by atoms with Crippen LogP contribution in [0.4, 0.5) is 51.2 Å². The molecule has 2 aliphatic heterocycles. The molecule has 0 spiro atoms. The molecular weight excluding hydrogens is 1170 g/mol. The lowest BCUT2D eigenvalue weighted by Crippen LogP contribution is -2.60. The van der Waals surface area contributed by atoms with Crippen LogP contribution in [-0.4, -0.2) is 6.71 Å². The summed E-state index contributed by atoms with van der Waals surface area (Å²) in [5.74, 6) is 0. The van der Waals surface area contributed by atoms with Gasteiger partial charge in [-0.05, 0) is 237 Å². The molecule has 10 aromatic rings. The van der Waals surface area contributed by atoms with Crippen LogP contribution >= 0.6 is 11.3 Å². The molecule has 6 aliphatic rings. The van der Waals surface area contributed by atoms with Gasteiger partial charge >= 0.3 is 0 Å². The third kappa shape index (κ3) is 9.22. The van der Waals surface area contributed by atoms with Crippen molar-refractivity contribution in [1.29, 1.82) is 0 Å². The first-order valence-electron chi connectivity index (χ1n) is 35.6. The van der Waals surface area contributed by atoms with E-state index in [4.69, 9.17) is 0 Å². The standard InChI is InChI=1S/C90H98BN3S/c1-82(2,3)53-30-37-75-74(45-53)91-79-76(93(75)59-43-54(83(4,5)6)42-55(44-59)84(7,8)9)49-60(92(56-31-34-63-61-26-22-24-28-66(61)89(18,19)69(63)46-56)57-32-35-64-62-27-23-25-29-67(62)90(20,21)70(64)47-57)50-77(79)94(58-33-36-68-71(48-58)86(12,13)39-38-85(68,10)11)80-65-51-72-73(52-78(65)95-81(80)91)88(16,17)41-40-87(72,14)15/h22-37,42-52H,38-41H2,1-21H3. The van der Waals surface area contributed by atoms with Crippen LogP contribution in [0.15, 0.2) is 164 Å². The maximum atomic E-state index is 2.81. The Kier molecular flexibility index (Phi) is 13.1. The molecule has 0 bridgehead atoms. The number of anilines is 9. The highest BCUT2D eigenvalue weighted by atomic mass is 32.1. The molecule has 0 atom stereocenters. The molecule has 1 aromatic heterocycles. The summed E-state index contributed by atoms with van der Waals surface area (Å²) in [6.07, 6.45) is 4.63. The van der Waals surface area contributed by atoms with Crippen molar-refractivity contribution < 1.29 is 0 Å². The minimum absolute atomic E-state index is 0.0121. The van der Waals surface area contributed by atoms with Crippen LogP contribution in [-0.2, 0) is 48.7 Å². The molecule has 5 heteroatoms. The molecule has 9 aromatic carbocycles. The Hall–Kier alpha value is -7.60. The maximum absolute atomic E-state index is 2.81. The highest BCUT2D eigenvalue weighted by Gasteiger charge is 2.49. The van der Waals surface area contributed by atoms with Crippen molar-refractivity contribution in [3.05, 3.63) is 225 Å². The second-order valence-corrected chi connectivity index (χ2v) is 37.5. The first-order chi connectivity index (χ1) is 44.5. The van der Waals surface area contributed by atoms with Gasteiger partial charge in [-0.25, -0.2) is 0 Å². The zero-order valence-electron chi connectivity index (χ0n) is 60.7. The van der Waals surface area contributed by atoms with E-state index < -0.39 is 0 Å². The molecule has 4 aliphatic carbocycles. The molecule has 3 heterocycles. The van der Waals surface area contributed by atoms with Gasteiger partial charge in [0.05, 0.1) is 11.4 Å². The summed E-state index contributed by atoms with van der Waals surface area (Å²) in [4.78, 5) is 8.20. The van der Waals surface area contributed by atoms with E-state index in [9.17, 15) is 0 Å². The Labute approximate surface area is 573 Å². The summed E-state index contributed by atoms with van der Waals surface area (Å²) >= 11 is 2.07. The first-order valence-corrected chi connectivity index (χ1v) is 36.4. The van der Waals surface area contributed by atoms with Crippen LogP contribution in [0.3, 0.4) is 0 Å². The molecule has 0 N–H and O–H groups in total. The van der Waals surface area contributed by atoms with Gasteiger partial charge in [0.1, 0.15) is 0 Å². The topological polar surface area (TPSA) is 9.72 Å². The van der Waals surface area contributed by atoms with Crippen LogP contribution in [0.1, 0.15) is 232 Å². The Balaban J connectivity index is 1.08. The van der Waals surface area contributed by atoms with Crippen molar-refractivity contribution >= 4 is 95.0 Å². The number of hydrogen-bond donors (Lipinski definition) is 0. The lowest BCUT2D eigenvalue weighted by molar-refractivity contribution is 0.332. The van der Waals surface area contributed by atoms with Crippen LogP contribution in [0.5, 0.6) is 0 Å². The molecule has 3 nitrogen and oxygen atoms in total. The SMILES string of the molecule is CC(C)(C)c1cc(N2c3ccc(C(C)(C)C)cc3B3c4sc5cc6c(cc5c4N(c4ccc5c(c4)C(C)(C)CCC5(C)C)c4cc(N(c5ccc7c(c5)C(C)(C)c5ccccc5-7)c5ccc7c(c5)C(C)(C)c5ccccc5-7)cc2c43)C(C)(C)CCC6(C)C)cc(C(C)(C)C)c1. The highest BCUT2D eigenvalue weighted by molar-refractivity contribution is 7.33. The maximum Gasteiger partial charge on any atom is 0.264 e. The summed E-state index contributed by atoms with van der Waals surface area (Å²) < 4.78 is 2.81. The fraction of sp³-hybridized carbons (Fsp3) is 0.378. The zero-order valence-corrected chi connectivity index (χ0v) is 61.6. The molecule has 95 heavy (non-hydrogen) atoms. The summed E-state index contributed by atoms with van der Waals surface area (Å²) in [5, 5.41) is 1.37. The molecule has 0 unspecified atom stereocenters. The largest absolute Gasteiger partial charge is 0.311 e. The molecular formula is C90H98BN3S. The predicted molar refractivity (Wildman–Crippen MR) is 412 cm³/mol. The van der Waals surface area contributed by atoms with Crippen LogP contribution < -0.4 is 30.4 Å². The average Bonchev–Trinajstić information content (AvgIpc) is 1.68. The number of nitrogens with zero attached hydrogens (tertiary/aromatic N) is 3. The van der Waals surface area contributed by atoms with E-state index in [2.05, 4.69) is 335 Å². The number of benzene rings is 9. The van der Waals surface area contributed by atoms with Crippen molar-refractivity contribution in [1.82, 2.24) is 0 Å². The second kappa shape index (κ2) is 20.0. The molecule has 0 saturated carbocycles. The minimum atomic E-state index is -0.218. The van der Waals surface area contributed by atoms with Crippen molar-refractivity contribution in [2.75, 3.05) is 14.7 Å². The molecule has 0 radical (unpaired) electrons. The van der Waals surface area contributed by atoms with E-state index in [1.165, 1.54) is 150 Å². The van der Waals surface area contributed by atoms with E-state index in [-0.39, 0.29) is 55.4 Å². The van der Waals surface area contributed by atoms with Gasteiger partial charge in [0.15, 0.2) is 0 Å². The number of rotatable bonds is 5. The monoisotopic (exact) mass is 1260 g/mol. The first kappa shape index (κ1) is 62.2. The highest BCUT2D eigenvalue weighted by Crippen LogP contribution is 2.59. The van der Waals surface area contributed by atoms with Crippen LogP contribution in [0, 0.1) is 0 Å². The second-order valence-electron chi connectivity index (χ2n) is 36.4. The Morgan fingerprint density at radius 3 is 1.37 bits per heavy atom. The van der Waals surface area contributed by atoms with Crippen molar-refractivity contribution in [2.45, 2.75) is 220 Å². The van der Waals surface area contributed by atoms with Crippen LogP contribution in [0.2, 0.25) is 0 Å². The van der Waals surface area contributed by atoms with E-state index in [1.807, 2.05) is 0 Å². The lowest BCUT2D eigenvalue weighted by atomic mass is 9.36. The summed E-state index contributed by atoms with van der Waals surface area (Å²) in [7, 11) is 0. The quantitative estimate of drug-likeness (QED) is 0.159. The third-order valence-corrected chi connectivity index (χ3v) is 25.6. The summed E-state index contributed by atoms with van der Waals surface area (Å²) in [6, 6.07) is 66.7. The van der Waals surface area contributed by atoms with Gasteiger partial charge in [-0.15, -0.1) is 11.3 Å². The van der Waals surface area contributed by atoms with E-state index in [1.54, 1.807) is 0 Å². The van der Waals surface area contributed by atoms with Crippen molar-refractivity contribution in [2.24, 2.45) is 0 Å². The molecule has 16 rings (SSSR count). The molecule has 0 amide bonds. The van der Waals surface area contributed by atoms with Crippen molar-refractivity contribution in [3.63, 3.8) is 0 Å². The number of hydrogen-bond acceptors (Lipinski definition) is 4. The molecule has 0 saturated heterocycles. The lowest BCUT2D eigenvalue weighted by Gasteiger charge is -2.46. The van der Waals surface area contributed by atoms with Crippen molar-refractivity contribution in [3.8, 4) is 22.3 Å². The van der Waals surface area contributed by atoms with Gasteiger partial charge in [0.25, 0.3) is 6.71 Å². The Bertz CT molecular complexity index is 4800. The van der Waals surface area contributed by atoms with Gasteiger partial charge < -0.3 is 14.7 Å². The molecule has 482 valence electrons. The smallest absolute Gasteiger partial charge is 0.264 e. The van der Waals surface area contributed by atoms with Gasteiger partial charge in [-0.3, -0.25) is 0 Å². The number of thiophene rings is 1. The summed E-state index contributed by atoms with van der Waals surface area (Å²) in [6.45, 7) is 51.2. The third-order valence-electron chi connectivity index (χ3n) is 24.4. The van der Waals surface area contributed by atoms with E-state index >= 15 is 0 Å². The normalized spacial score (nSPS) is 18.4. The Morgan fingerprint density at radius 1 is 0.368 bits per heavy atom. The van der Waals surface area contributed by atoms with E-state index in [0.29, 0.717) is 0 Å². The van der Waals surface area contributed by atoms with Gasteiger partial charge in [-0.1, -0.05) is 230 Å². The van der Waals surface area contributed by atoms with E-state index in [0.717, 1.165) is 36.3 Å².